The van der Waals surface area contributed by atoms with Crippen LogP contribution in [0.1, 0.15) is 38.8 Å². The van der Waals surface area contributed by atoms with E-state index in [0.29, 0.717) is 29.2 Å². The molecular formula is C28H28F3N3O5S. The van der Waals surface area contributed by atoms with Crippen LogP contribution in [0.4, 0.5) is 13.2 Å². The molecule has 0 aliphatic carbocycles. The zero-order valence-corrected chi connectivity index (χ0v) is 22.9. The molecule has 2 amide bonds. The van der Waals surface area contributed by atoms with E-state index in [4.69, 9.17) is 14.2 Å². The standard InChI is InChI=1S/C28H28F3N3O5S/c1-37-13-12-33(27(36)18-6-8-19(9-7-18)28(29,30)31)17-26(35)34-23(16-22(32-34)25-5-4-14-40-25)21-15-20(38-2)10-11-24(21)39-3/h4-11,14-15,23H,12-13,16-17H2,1-3H3/t23-/m0/s1. The number of alkyl halides is 3. The fourth-order valence-corrected chi connectivity index (χ4v) is 5.07. The minimum atomic E-state index is -4.53. The quantitative estimate of drug-likeness (QED) is 0.330. The monoisotopic (exact) mass is 575 g/mol. The summed E-state index contributed by atoms with van der Waals surface area (Å²) in [7, 11) is 4.52. The van der Waals surface area contributed by atoms with Gasteiger partial charge in [0, 0.05) is 31.2 Å². The molecule has 0 unspecified atom stereocenters. The van der Waals surface area contributed by atoms with Crippen molar-refractivity contribution in [2.24, 2.45) is 5.10 Å². The molecule has 3 aromatic rings. The first-order chi connectivity index (χ1) is 19.2. The van der Waals surface area contributed by atoms with Crippen LogP contribution in [0, 0.1) is 0 Å². The first kappa shape index (κ1) is 29.1. The molecule has 1 aromatic heterocycles. The molecule has 4 rings (SSSR count). The van der Waals surface area contributed by atoms with E-state index in [1.807, 2.05) is 17.5 Å². The van der Waals surface area contributed by atoms with E-state index in [1.54, 1.807) is 18.2 Å². The molecule has 0 saturated carbocycles. The Morgan fingerprint density at radius 3 is 2.42 bits per heavy atom. The molecule has 2 aromatic carbocycles. The van der Waals surface area contributed by atoms with Crippen LogP contribution < -0.4 is 9.47 Å². The van der Waals surface area contributed by atoms with Crippen molar-refractivity contribution in [2.75, 3.05) is 41.0 Å². The summed E-state index contributed by atoms with van der Waals surface area (Å²) in [6.45, 7) is -0.200. The van der Waals surface area contributed by atoms with Crippen molar-refractivity contribution in [3.8, 4) is 11.5 Å². The number of nitrogens with zero attached hydrogens (tertiary/aromatic N) is 3. The van der Waals surface area contributed by atoms with Crippen LogP contribution in [-0.2, 0) is 15.7 Å². The normalized spacial score (nSPS) is 15.1. The van der Waals surface area contributed by atoms with Crippen LogP contribution in [0.3, 0.4) is 0 Å². The van der Waals surface area contributed by atoms with Gasteiger partial charge >= 0.3 is 6.18 Å². The van der Waals surface area contributed by atoms with Gasteiger partial charge in [0.25, 0.3) is 11.8 Å². The van der Waals surface area contributed by atoms with Gasteiger partial charge in [0.05, 0.1) is 43.0 Å². The number of hydrogen-bond donors (Lipinski definition) is 0. The van der Waals surface area contributed by atoms with Crippen LogP contribution in [0.25, 0.3) is 0 Å². The van der Waals surface area contributed by atoms with E-state index in [9.17, 15) is 22.8 Å². The van der Waals surface area contributed by atoms with Crippen LogP contribution in [-0.4, -0.2) is 68.5 Å². The number of ether oxygens (including phenoxy) is 3. The van der Waals surface area contributed by atoms with Gasteiger partial charge in [-0.3, -0.25) is 9.59 Å². The number of methoxy groups -OCH3 is 3. The third-order valence-electron chi connectivity index (χ3n) is 6.41. The summed E-state index contributed by atoms with van der Waals surface area (Å²) < 4.78 is 55.1. The Balaban J connectivity index is 1.64. The molecule has 2 heterocycles. The van der Waals surface area contributed by atoms with E-state index in [-0.39, 0.29) is 25.3 Å². The molecule has 0 bridgehead atoms. The average molecular weight is 576 g/mol. The maximum absolute atomic E-state index is 13.8. The van der Waals surface area contributed by atoms with E-state index < -0.39 is 29.6 Å². The molecule has 8 nitrogen and oxygen atoms in total. The van der Waals surface area contributed by atoms with Gasteiger partial charge in [0.15, 0.2) is 0 Å². The summed E-state index contributed by atoms with van der Waals surface area (Å²) in [6, 6.07) is 12.4. The second-order valence-corrected chi connectivity index (χ2v) is 9.83. The first-order valence-electron chi connectivity index (χ1n) is 12.3. The molecule has 1 atom stereocenters. The van der Waals surface area contributed by atoms with Gasteiger partial charge in [-0.05, 0) is 53.9 Å². The van der Waals surface area contributed by atoms with Crippen molar-refractivity contribution in [3.63, 3.8) is 0 Å². The van der Waals surface area contributed by atoms with Gasteiger partial charge in [0.2, 0.25) is 0 Å². The fourth-order valence-electron chi connectivity index (χ4n) is 4.35. The Bertz CT molecular complexity index is 1360. The number of carbonyl (C=O) groups excluding carboxylic acids is 2. The van der Waals surface area contributed by atoms with Crippen molar-refractivity contribution >= 4 is 28.9 Å². The number of hydrogen-bond acceptors (Lipinski definition) is 7. The van der Waals surface area contributed by atoms with Crippen molar-refractivity contribution in [1.82, 2.24) is 9.91 Å². The summed E-state index contributed by atoms with van der Waals surface area (Å²) in [5.41, 5.74) is 0.539. The number of amides is 2. The molecule has 1 aliphatic heterocycles. The lowest BCUT2D eigenvalue weighted by atomic mass is 9.99. The number of halogens is 3. The molecule has 0 N–H and O–H groups in total. The van der Waals surface area contributed by atoms with Crippen molar-refractivity contribution < 1.29 is 37.0 Å². The summed E-state index contributed by atoms with van der Waals surface area (Å²) in [6.07, 6.45) is -4.13. The summed E-state index contributed by atoms with van der Waals surface area (Å²) in [5.74, 6) is 0.0457. The van der Waals surface area contributed by atoms with Crippen LogP contribution in [0.5, 0.6) is 11.5 Å². The molecule has 0 radical (unpaired) electrons. The summed E-state index contributed by atoms with van der Waals surface area (Å²) in [5, 5.41) is 7.90. The van der Waals surface area contributed by atoms with E-state index in [0.717, 1.165) is 29.1 Å². The van der Waals surface area contributed by atoms with E-state index in [2.05, 4.69) is 5.10 Å². The zero-order chi connectivity index (χ0) is 28.9. The SMILES string of the molecule is COCCN(CC(=O)N1N=C(c2cccs2)C[C@H]1c1cc(OC)ccc1OC)C(=O)c1ccc(C(F)(F)F)cc1. The maximum atomic E-state index is 13.8. The number of thiophene rings is 1. The van der Waals surface area contributed by atoms with Crippen molar-refractivity contribution in [1.29, 1.82) is 0 Å². The Morgan fingerprint density at radius 2 is 1.82 bits per heavy atom. The van der Waals surface area contributed by atoms with Gasteiger partial charge in [-0.2, -0.15) is 18.3 Å². The number of carbonyl (C=O) groups is 2. The fraction of sp³-hybridized carbons (Fsp3) is 0.321. The van der Waals surface area contributed by atoms with Gasteiger partial charge < -0.3 is 19.1 Å². The minimum Gasteiger partial charge on any atom is -0.497 e. The number of benzene rings is 2. The molecule has 1 aliphatic rings. The third-order valence-corrected chi connectivity index (χ3v) is 7.32. The Kier molecular flexibility index (Phi) is 9.10. The highest BCUT2D eigenvalue weighted by Gasteiger charge is 2.37. The van der Waals surface area contributed by atoms with Gasteiger partial charge in [0.1, 0.15) is 18.0 Å². The predicted molar refractivity (Wildman–Crippen MR) is 144 cm³/mol. The van der Waals surface area contributed by atoms with Gasteiger partial charge in [-0.1, -0.05) is 6.07 Å². The summed E-state index contributed by atoms with van der Waals surface area (Å²) >= 11 is 1.49. The third kappa shape index (κ3) is 6.45. The second-order valence-electron chi connectivity index (χ2n) is 8.88. The molecule has 0 saturated heterocycles. The van der Waals surface area contributed by atoms with Crippen molar-refractivity contribution in [2.45, 2.75) is 18.6 Å². The Morgan fingerprint density at radius 1 is 1.07 bits per heavy atom. The lowest BCUT2D eigenvalue weighted by molar-refractivity contribution is -0.137. The number of hydrazone groups is 1. The Labute approximate surface area is 233 Å². The minimum absolute atomic E-state index is 0.0205. The Hall–Kier alpha value is -3.90. The average Bonchev–Trinajstić information content (AvgIpc) is 3.65. The van der Waals surface area contributed by atoms with E-state index in [1.165, 1.54) is 42.6 Å². The zero-order valence-electron chi connectivity index (χ0n) is 22.1. The predicted octanol–water partition coefficient (Wildman–Crippen LogP) is 5.25. The number of rotatable bonds is 10. The van der Waals surface area contributed by atoms with Crippen LogP contribution >= 0.6 is 11.3 Å². The maximum Gasteiger partial charge on any atom is 0.416 e. The largest absolute Gasteiger partial charge is 0.497 e. The molecular weight excluding hydrogens is 547 g/mol. The lowest BCUT2D eigenvalue weighted by Crippen LogP contribution is -2.42. The molecule has 0 fully saturated rings. The van der Waals surface area contributed by atoms with Gasteiger partial charge in [-0.15, -0.1) is 11.3 Å². The molecule has 0 spiro atoms. The summed E-state index contributed by atoms with van der Waals surface area (Å²) in [4.78, 5) is 29.2. The van der Waals surface area contributed by atoms with E-state index >= 15 is 0 Å². The highest BCUT2D eigenvalue weighted by Crippen LogP contribution is 2.40. The molecule has 40 heavy (non-hydrogen) atoms. The highest BCUT2D eigenvalue weighted by molar-refractivity contribution is 7.12. The first-order valence-corrected chi connectivity index (χ1v) is 13.1. The van der Waals surface area contributed by atoms with Crippen molar-refractivity contribution in [3.05, 3.63) is 81.5 Å². The lowest BCUT2D eigenvalue weighted by Gasteiger charge is -2.28. The highest BCUT2D eigenvalue weighted by atomic mass is 32.1. The van der Waals surface area contributed by atoms with Crippen LogP contribution in [0.15, 0.2) is 65.1 Å². The second kappa shape index (κ2) is 12.5. The molecule has 212 valence electrons. The topological polar surface area (TPSA) is 80.7 Å². The smallest absolute Gasteiger partial charge is 0.416 e. The molecule has 12 heteroatoms. The van der Waals surface area contributed by atoms with Gasteiger partial charge in [-0.25, -0.2) is 5.01 Å². The van der Waals surface area contributed by atoms with Crippen LogP contribution in [0.2, 0.25) is 0 Å².